The van der Waals surface area contributed by atoms with Gasteiger partial charge in [0, 0.05) is 29.1 Å². The average Bonchev–Trinajstić information content (AvgIpc) is 2.88. The molecule has 1 fully saturated rings. The number of benzene rings is 1. The molecule has 6 heteroatoms. The van der Waals surface area contributed by atoms with Crippen LogP contribution in [0.2, 0.25) is 5.02 Å². The van der Waals surface area contributed by atoms with Gasteiger partial charge in [0.15, 0.2) is 0 Å². The van der Waals surface area contributed by atoms with Crippen LogP contribution in [0.25, 0.3) is 0 Å². The molecule has 1 aliphatic rings. The Morgan fingerprint density at radius 1 is 1.12 bits per heavy atom. The van der Waals surface area contributed by atoms with E-state index in [-0.39, 0.29) is 5.91 Å². The van der Waals surface area contributed by atoms with E-state index in [1.165, 1.54) is 25.7 Å². The number of carbonyl (C=O) groups is 1. The number of aromatic nitrogens is 2. The summed E-state index contributed by atoms with van der Waals surface area (Å²) in [6, 6.07) is 5.85. The number of hydrogen-bond acceptors (Lipinski definition) is 4. The summed E-state index contributed by atoms with van der Waals surface area (Å²) in [4.78, 5) is 21.0. The highest BCUT2D eigenvalue weighted by Crippen LogP contribution is 2.23. The van der Waals surface area contributed by atoms with Gasteiger partial charge in [0.25, 0.3) is 5.91 Å². The van der Waals surface area contributed by atoms with Crippen molar-refractivity contribution in [2.24, 2.45) is 0 Å². The third-order valence-electron chi connectivity index (χ3n) is 4.62. The molecule has 2 N–H and O–H groups in total. The van der Waals surface area contributed by atoms with Gasteiger partial charge in [0.1, 0.15) is 0 Å². The first kappa shape index (κ1) is 17.7. The van der Waals surface area contributed by atoms with Gasteiger partial charge in [0.2, 0.25) is 5.95 Å². The van der Waals surface area contributed by atoms with Crippen LogP contribution in [-0.2, 0) is 0 Å². The Bertz CT molecular complexity index is 725. The molecule has 3 rings (SSSR count). The lowest BCUT2D eigenvalue weighted by Crippen LogP contribution is -2.20. The van der Waals surface area contributed by atoms with Crippen molar-refractivity contribution < 1.29 is 4.79 Å². The molecule has 0 atom stereocenters. The number of amides is 1. The van der Waals surface area contributed by atoms with Gasteiger partial charge in [-0.25, -0.2) is 9.97 Å². The maximum atomic E-state index is 12.4. The third-order valence-corrected chi connectivity index (χ3v) is 5.03. The monoisotopic (exact) mass is 358 g/mol. The Morgan fingerprint density at radius 2 is 1.80 bits per heavy atom. The van der Waals surface area contributed by atoms with E-state index in [1.54, 1.807) is 24.5 Å². The zero-order chi connectivity index (χ0) is 17.6. The van der Waals surface area contributed by atoms with Crippen LogP contribution in [0, 0.1) is 6.92 Å². The van der Waals surface area contributed by atoms with Gasteiger partial charge in [-0.05, 0) is 37.5 Å². The smallest absolute Gasteiger partial charge is 0.258 e. The second-order valence-electron chi connectivity index (χ2n) is 6.49. The molecule has 0 bridgehead atoms. The van der Waals surface area contributed by atoms with Gasteiger partial charge in [-0.3, -0.25) is 4.79 Å². The van der Waals surface area contributed by atoms with Crippen LogP contribution >= 0.6 is 11.6 Å². The van der Waals surface area contributed by atoms with Crippen molar-refractivity contribution in [1.82, 2.24) is 9.97 Å². The van der Waals surface area contributed by atoms with Crippen molar-refractivity contribution in [3.05, 3.63) is 46.7 Å². The van der Waals surface area contributed by atoms with E-state index in [1.807, 2.05) is 13.0 Å². The fraction of sp³-hybridized carbons (Fsp3) is 0.421. The number of carbonyl (C=O) groups excluding carboxylic acids is 1. The number of hydrogen-bond donors (Lipinski definition) is 2. The molecular formula is C19H23ClN4O. The van der Waals surface area contributed by atoms with Gasteiger partial charge in [0.05, 0.1) is 5.56 Å². The topological polar surface area (TPSA) is 66.9 Å². The molecule has 0 radical (unpaired) electrons. The van der Waals surface area contributed by atoms with Gasteiger partial charge < -0.3 is 10.6 Å². The van der Waals surface area contributed by atoms with Gasteiger partial charge in [-0.1, -0.05) is 43.4 Å². The SMILES string of the molecule is Cc1c(Cl)cccc1NC(=O)c1cnc(NC2CCCCCC2)nc1. The molecule has 132 valence electrons. The Morgan fingerprint density at radius 3 is 2.48 bits per heavy atom. The van der Waals surface area contributed by atoms with E-state index >= 15 is 0 Å². The minimum atomic E-state index is -0.244. The van der Waals surface area contributed by atoms with Crippen molar-refractivity contribution in [2.45, 2.75) is 51.5 Å². The van der Waals surface area contributed by atoms with E-state index in [0.717, 1.165) is 18.4 Å². The Hall–Kier alpha value is -2.14. The van der Waals surface area contributed by atoms with Gasteiger partial charge >= 0.3 is 0 Å². The van der Waals surface area contributed by atoms with Crippen LogP contribution in [0.15, 0.2) is 30.6 Å². The van der Waals surface area contributed by atoms with Crippen LogP contribution in [0.5, 0.6) is 0 Å². The van der Waals surface area contributed by atoms with Crippen molar-refractivity contribution in [1.29, 1.82) is 0 Å². The van der Waals surface area contributed by atoms with E-state index in [4.69, 9.17) is 11.6 Å². The van der Waals surface area contributed by atoms with E-state index in [2.05, 4.69) is 20.6 Å². The summed E-state index contributed by atoms with van der Waals surface area (Å²) in [5.74, 6) is 0.341. The molecule has 0 saturated heterocycles. The van der Waals surface area contributed by atoms with Crippen molar-refractivity contribution in [3.8, 4) is 0 Å². The second-order valence-corrected chi connectivity index (χ2v) is 6.90. The molecule has 1 aromatic heterocycles. The first-order chi connectivity index (χ1) is 12.1. The molecular weight excluding hydrogens is 336 g/mol. The predicted molar refractivity (Wildman–Crippen MR) is 101 cm³/mol. The lowest BCUT2D eigenvalue weighted by atomic mass is 10.1. The zero-order valence-electron chi connectivity index (χ0n) is 14.4. The molecule has 25 heavy (non-hydrogen) atoms. The number of nitrogens with zero attached hydrogens (tertiary/aromatic N) is 2. The minimum absolute atomic E-state index is 0.244. The molecule has 1 amide bonds. The fourth-order valence-corrected chi connectivity index (χ4v) is 3.24. The number of rotatable bonds is 4. The normalized spacial score (nSPS) is 15.4. The summed E-state index contributed by atoms with van der Waals surface area (Å²) in [7, 11) is 0. The maximum absolute atomic E-state index is 12.4. The van der Waals surface area contributed by atoms with Crippen LogP contribution in [0.4, 0.5) is 11.6 Å². The average molecular weight is 359 g/mol. The van der Waals surface area contributed by atoms with E-state index < -0.39 is 0 Å². The summed E-state index contributed by atoms with van der Waals surface area (Å²) in [6.07, 6.45) is 10.5. The van der Waals surface area contributed by atoms with Gasteiger partial charge in [-0.15, -0.1) is 0 Å². The summed E-state index contributed by atoms with van der Waals surface area (Å²) < 4.78 is 0. The first-order valence-electron chi connectivity index (χ1n) is 8.78. The van der Waals surface area contributed by atoms with Gasteiger partial charge in [-0.2, -0.15) is 0 Å². The molecule has 5 nitrogen and oxygen atoms in total. The highest BCUT2D eigenvalue weighted by molar-refractivity contribution is 6.31. The van der Waals surface area contributed by atoms with Crippen LogP contribution < -0.4 is 10.6 Å². The van der Waals surface area contributed by atoms with Crippen LogP contribution in [-0.4, -0.2) is 21.9 Å². The van der Waals surface area contributed by atoms with Crippen LogP contribution in [0.3, 0.4) is 0 Å². The fourth-order valence-electron chi connectivity index (χ4n) is 3.06. The minimum Gasteiger partial charge on any atom is -0.351 e. The lowest BCUT2D eigenvalue weighted by Gasteiger charge is -2.16. The van der Waals surface area contributed by atoms with Crippen molar-refractivity contribution >= 4 is 29.1 Å². The van der Waals surface area contributed by atoms with Crippen molar-refractivity contribution in [3.63, 3.8) is 0 Å². The largest absolute Gasteiger partial charge is 0.351 e. The zero-order valence-corrected chi connectivity index (χ0v) is 15.1. The molecule has 0 aliphatic heterocycles. The molecule has 1 saturated carbocycles. The maximum Gasteiger partial charge on any atom is 0.258 e. The summed E-state index contributed by atoms with van der Waals surface area (Å²) in [5.41, 5.74) is 1.95. The molecule has 2 aromatic rings. The summed E-state index contributed by atoms with van der Waals surface area (Å²) >= 11 is 6.08. The molecule has 1 aliphatic carbocycles. The summed E-state index contributed by atoms with van der Waals surface area (Å²) in [6.45, 7) is 1.87. The molecule has 1 heterocycles. The second kappa shape index (κ2) is 8.30. The standard InChI is InChI=1S/C19H23ClN4O/c1-13-16(20)9-6-10-17(13)24-18(25)14-11-21-19(22-12-14)23-15-7-4-2-3-5-8-15/h6,9-12,15H,2-5,7-8H2,1H3,(H,24,25)(H,21,22,23). The third kappa shape index (κ3) is 4.69. The predicted octanol–water partition coefficient (Wildman–Crippen LogP) is 4.83. The Kier molecular flexibility index (Phi) is 5.87. The number of nitrogens with one attached hydrogen (secondary N) is 2. The highest BCUT2D eigenvalue weighted by Gasteiger charge is 2.14. The molecule has 0 unspecified atom stereocenters. The van der Waals surface area contributed by atoms with Crippen LogP contribution in [0.1, 0.15) is 54.4 Å². The number of halogens is 1. The quantitative estimate of drug-likeness (QED) is 0.768. The Labute approximate surface area is 153 Å². The number of anilines is 2. The van der Waals surface area contributed by atoms with Crippen molar-refractivity contribution in [2.75, 3.05) is 10.6 Å². The highest BCUT2D eigenvalue weighted by atomic mass is 35.5. The first-order valence-corrected chi connectivity index (χ1v) is 9.16. The molecule has 0 spiro atoms. The summed E-state index contributed by atoms with van der Waals surface area (Å²) in [5, 5.41) is 6.86. The molecule has 1 aromatic carbocycles. The van der Waals surface area contributed by atoms with E-state index in [9.17, 15) is 4.79 Å². The lowest BCUT2D eigenvalue weighted by molar-refractivity contribution is 0.102. The Balaban J connectivity index is 1.63. The van der Waals surface area contributed by atoms with E-state index in [0.29, 0.717) is 28.3 Å².